The summed E-state index contributed by atoms with van der Waals surface area (Å²) in [6.45, 7) is 6.51. The van der Waals surface area contributed by atoms with Crippen molar-refractivity contribution in [2.45, 2.75) is 57.9 Å². The molecule has 1 aromatic heterocycles. The average Bonchev–Trinajstić information content (AvgIpc) is 2.85. The first-order valence-electron chi connectivity index (χ1n) is 6.07. The highest BCUT2D eigenvalue weighted by Crippen LogP contribution is 2.33. The normalized spacial score (nSPS) is 17.9. The van der Waals surface area contributed by atoms with E-state index in [0.29, 0.717) is 11.7 Å². The number of hydrogen-bond donors (Lipinski definition) is 0. The Morgan fingerprint density at radius 3 is 2.50 bits per heavy atom. The van der Waals surface area contributed by atoms with Gasteiger partial charge in [-0.2, -0.15) is 5.10 Å². The quantitative estimate of drug-likeness (QED) is 0.718. The minimum atomic E-state index is 0.0524. The SMILES string of the molecule is CC(C)(C)c1cc(C=O)nn1C1CCCC1. The number of aromatic nitrogens is 2. The molecule has 0 atom stereocenters. The number of hydrogen-bond acceptors (Lipinski definition) is 2. The van der Waals surface area contributed by atoms with E-state index in [-0.39, 0.29) is 5.41 Å². The molecule has 1 aliphatic carbocycles. The highest BCUT2D eigenvalue weighted by atomic mass is 16.1. The number of aldehydes is 1. The lowest BCUT2D eigenvalue weighted by Gasteiger charge is -2.23. The van der Waals surface area contributed by atoms with Crippen LogP contribution < -0.4 is 0 Å². The van der Waals surface area contributed by atoms with E-state index in [1.807, 2.05) is 6.07 Å². The molecule has 0 radical (unpaired) electrons. The van der Waals surface area contributed by atoms with Gasteiger partial charge >= 0.3 is 0 Å². The third-order valence-corrected chi connectivity index (χ3v) is 3.31. The van der Waals surface area contributed by atoms with Gasteiger partial charge in [-0.25, -0.2) is 0 Å². The molecule has 3 nitrogen and oxygen atoms in total. The van der Waals surface area contributed by atoms with E-state index < -0.39 is 0 Å². The van der Waals surface area contributed by atoms with E-state index in [1.165, 1.54) is 31.4 Å². The van der Waals surface area contributed by atoms with Gasteiger partial charge in [0.05, 0.1) is 6.04 Å². The molecular weight excluding hydrogens is 200 g/mol. The molecular formula is C13H20N2O. The minimum absolute atomic E-state index is 0.0524. The molecule has 0 aliphatic heterocycles. The summed E-state index contributed by atoms with van der Waals surface area (Å²) in [7, 11) is 0. The molecule has 0 aromatic carbocycles. The lowest BCUT2D eigenvalue weighted by molar-refractivity contribution is 0.111. The summed E-state index contributed by atoms with van der Waals surface area (Å²) in [5.41, 5.74) is 1.80. The molecule has 0 saturated heterocycles. The van der Waals surface area contributed by atoms with E-state index in [2.05, 4.69) is 30.6 Å². The summed E-state index contributed by atoms with van der Waals surface area (Å²) in [4.78, 5) is 10.8. The first-order chi connectivity index (χ1) is 7.52. The summed E-state index contributed by atoms with van der Waals surface area (Å²) >= 11 is 0. The summed E-state index contributed by atoms with van der Waals surface area (Å²) in [5, 5.41) is 4.43. The zero-order valence-electron chi connectivity index (χ0n) is 10.4. The van der Waals surface area contributed by atoms with Crippen LogP contribution in [0.25, 0.3) is 0 Å². The van der Waals surface area contributed by atoms with Crippen molar-refractivity contribution in [2.24, 2.45) is 0 Å². The van der Waals surface area contributed by atoms with Crippen molar-refractivity contribution in [3.8, 4) is 0 Å². The number of carbonyl (C=O) groups excluding carboxylic acids is 1. The van der Waals surface area contributed by atoms with Crippen molar-refractivity contribution >= 4 is 6.29 Å². The lowest BCUT2D eigenvalue weighted by atomic mass is 9.91. The van der Waals surface area contributed by atoms with E-state index in [1.54, 1.807) is 0 Å². The molecule has 1 saturated carbocycles. The molecule has 2 rings (SSSR count). The maximum Gasteiger partial charge on any atom is 0.170 e. The molecule has 0 spiro atoms. The van der Waals surface area contributed by atoms with Crippen LogP contribution in [0.5, 0.6) is 0 Å². The Labute approximate surface area is 96.8 Å². The van der Waals surface area contributed by atoms with Crippen LogP contribution in [-0.2, 0) is 5.41 Å². The van der Waals surface area contributed by atoms with Crippen LogP contribution in [0.1, 0.15) is 68.7 Å². The van der Waals surface area contributed by atoms with Crippen molar-refractivity contribution < 1.29 is 4.79 Å². The largest absolute Gasteiger partial charge is 0.296 e. The fourth-order valence-electron chi connectivity index (χ4n) is 2.46. The molecule has 0 unspecified atom stereocenters. The van der Waals surface area contributed by atoms with Crippen LogP contribution >= 0.6 is 0 Å². The second-order valence-electron chi connectivity index (χ2n) is 5.71. The highest BCUT2D eigenvalue weighted by molar-refractivity contribution is 5.71. The molecule has 88 valence electrons. The van der Waals surface area contributed by atoms with E-state index in [0.717, 1.165) is 6.29 Å². The van der Waals surface area contributed by atoms with Crippen LogP contribution in [0.3, 0.4) is 0 Å². The third kappa shape index (κ3) is 2.04. The summed E-state index contributed by atoms with van der Waals surface area (Å²) in [5.74, 6) is 0. The Balaban J connectivity index is 2.41. The Morgan fingerprint density at radius 1 is 1.38 bits per heavy atom. The smallest absolute Gasteiger partial charge is 0.170 e. The zero-order valence-corrected chi connectivity index (χ0v) is 10.4. The number of nitrogens with zero attached hydrogens (tertiary/aromatic N) is 2. The van der Waals surface area contributed by atoms with Crippen molar-refractivity contribution in [2.75, 3.05) is 0 Å². The zero-order chi connectivity index (χ0) is 11.8. The second kappa shape index (κ2) is 4.04. The fourth-order valence-corrected chi connectivity index (χ4v) is 2.46. The highest BCUT2D eigenvalue weighted by Gasteiger charge is 2.26. The van der Waals surface area contributed by atoms with Crippen LogP contribution in [0.2, 0.25) is 0 Å². The second-order valence-corrected chi connectivity index (χ2v) is 5.71. The molecule has 0 N–H and O–H groups in total. The van der Waals surface area contributed by atoms with Gasteiger partial charge in [-0.15, -0.1) is 0 Å². The lowest BCUT2D eigenvalue weighted by Crippen LogP contribution is -2.20. The van der Waals surface area contributed by atoms with Crippen molar-refractivity contribution in [3.05, 3.63) is 17.5 Å². The first kappa shape index (κ1) is 11.4. The van der Waals surface area contributed by atoms with E-state index in [9.17, 15) is 4.79 Å². The van der Waals surface area contributed by atoms with Crippen molar-refractivity contribution in [3.63, 3.8) is 0 Å². The first-order valence-corrected chi connectivity index (χ1v) is 6.07. The van der Waals surface area contributed by atoms with Gasteiger partial charge in [-0.05, 0) is 18.9 Å². The van der Waals surface area contributed by atoms with Gasteiger partial charge in [0.2, 0.25) is 0 Å². The molecule has 0 bridgehead atoms. The van der Waals surface area contributed by atoms with Crippen LogP contribution in [0.4, 0.5) is 0 Å². The molecule has 0 amide bonds. The molecule has 1 fully saturated rings. The van der Waals surface area contributed by atoms with E-state index in [4.69, 9.17) is 0 Å². The fraction of sp³-hybridized carbons (Fsp3) is 0.692. The summed E-state index contributed by atoms with van der Waals surface area (Å²) < 4.78 is 2.09. The molecule has 1 aliphatic rings. The van der Waals surface area contributed by atoms with Gasteiger partial charge in [0.1, 0.15) is 5.69 Å². The van der Waals surface area contributed by atoms with Gasteiger partial charge < -0.3 is 0 Å². The average molecular weight is 220 g/mol. The summed E-state index contributed by atoms with van der Waals surface area (Å²) in [6.07, 6.45) is 5.81. The Morgan fingerprint density at radius 2 is 2.00 bits per heavy atom. The van der Waals surface area contributed by atoms with Crippen molar-refractivity contribution in [1.82, 2.24) is 9.78 Å². The number of carbonyl (C=O) groups is 1. The molecule has 1 heterocycles. The van der Waals surface area contributed by atoms with Gasteiger partial charge in [-0.1, -0.05) is 33.6 Å². The third-order valence-electron chi connectivity index (χ3n) is 3.31. The predicted molar refractivity (Wildman–Crippen MR) is 63.8 cm³/mol. The molecule has 1 aromatic rings. The Kier molecular flexibility index (Phi) is 2.87. The molecule has 16 heavy (non-hydrogen) atoms. The Hall–Kier alpha value is -1.12. The minimum Gasteiger partial charge on any atom is -0.296 e. The topological polar surface area (TPSA) is 34.9 Å². The van der Waals surface area contributed by atoms with Gasteiger partial charge in [0.15, 0.2) is 6.29 Å². The van der Waals surface area contributed by atoms with Gasteiger partial charge in [0, 0.05) is 11.1 Å². The maximum absolute atomic E-state index is 10.8. The molecule has 3 heteroatoms. The van der Waals surface area contributed by atoms with Crippen LogP contribution in [-0.4, -0.2) is 16.1 Å². The van der Waals surface area contributed by atoms with Gasteiger partial charge in [0.25, 0.3) is 0 Å². The predicted octanol–water partition coefficient (Wildman–Crippen LogP) is 3.11. The van der Waals surface area contributed by atoms with Crippen LogP contribution in [0, 0.1) is 0 Å². The number of rotatable bonds is 2. The van der Waals surface area contributed by atoms with E-state index >= 15 is 0 Å². The Bertz CT molecular complexity index is 381. The van der Waals surface area contributed by atoms with Gasteiger partial charge in [-0.3, -0.25) is 9.48 Å². The van der Waals surface area contributed by atoms with Crippen molar-refractivity contribution in [1.29, 1.82) is 0 Å². The maximum atomic E-state index is 10.8. The van der Waals surface area contributed by atoms with Crippen LogP contribution in [0.15, 0.2) is 6.07 Å². The monoisotopic (exact) mass is 220 g/mol. The standard InChI is InChI=1S/C13H20N2O/c1-13(2,3)12-8-10(9-16)14-15(12)11-6-4-5-7-11/h8-9,11H,4-7H2,1-3H3. The summed E-state index contributed by atoms with van der Waals surface area (Å²) in [6, 6.07) is 2.44.